The van der Waals surface area contributed by atoms with Crippen molar-refractivity contribution in [2.75, 3.05) is 6.54 Å². The van der Waals surface area contributed by atoms with Gasteiger partial charge in [-0.15, -0.1) is 0 Å². The lowest BCUT2D eigenvalue weighted by Crippen LogP contribution is -2.45. The Labute approximate surface area is 123 Å². The molecule has 1 unspecified atom stereocenters. The van der Waals surface area contributed by atoms with E-state index >= 15 is 0 Å². The van der Waals surface area contributed by atoms with Crippen molar-refractivity contribution in [1.82, 2.24) is 10.2 Å². The third-order valence-electron chi connectivity index (χ3n) is 5.08. The average Bonchev–Trinajstić information content (AvgIpc) is 2.94. The molecule has 0 spiro atoms. The molecule has 1 aliphatic heterocycles. The topological polar surface area (TPSA) is 15.3 Å². The molecule has 0 radical (unpaired) electrons. The lowest BCUT2D eigenvalue weighted by molar-refractivity contribution is 0.104. The Hall–Kier alpha value is -0.860. The van der Waals surface area contributed by atoms with Crippen LogP contribution in [-0.4, -0.2) is 29.1 Å². The van der Waals surface area contributed by atoms with E-state index < -0.39 is 0 Å². The summed E-state index contributed by atoms with van der Waals surface area (Å²) in [7, 11) is 0. The van der Waals surface area contributed by atoms with Crippen LogP contribution >= 0.6 is 0 Å². The Morgan fingerprint density at radius 3 is 2.50 bits per heavy atom. The predicted octanol–water partition coefficient (Wildman–Crippen LogP) is 3.43. The molecule has 110 valence electrons. The molecule has 2 aliphatic rings. The van der Waals surface area contributed by atoms with Gasteiger partial charge in [0, 0.05) is 36.1 Å². The number of benzene rings is 1. The average molecular weight is 272 g/mol. The molecular weight excluding hydrogens is 244 g/mol. The number of rotatable bonds is 4. The summed E-state index contributed by atoms with van der Waals surface area (Å²) >= 11 is 0. The summed E-state index contributed by atoms with van der Waals surface area (Å²) in [5.74, 6) is 0. The zero-order valence-corrected chi connectivity index (χ0v) is 13.3. The molecule has 20 heavy (non-hydrogen) atoms. The second-order valence-electron chi connectivity index (χ2n) is 7.80. The van der Waals surface area contributed by atoms with Gasteiger partial charge < -0.3 is 5.32 Å². The van der Waals surface area contributed by atoms with E-state index in [2.05, 4.69) is 68.2 Å². The van der Waals surface area contributed by atoms with E-state index in [0.717, 1.165) is 18.6 Å². The van der Waals surface area contributed by atoms with E-state index in [0.29, 0.717) is 11.0 Å². The maximum atomic E-state index is 3.69. The first kappa shape index (κ1) is 14.1. The van der Waals surface area contributed by atoms with Gasteiger partial charge in [0.05, 0.1) is 0 Å². The Morgan fingerprint density at radius 2 is 1.90 bits per heavy atom. The number of fused-ring (bicyclic) bond motifs is 1. The van der Waals surface area contributed by atoms with Crippen molar-refractivity contribution in [2.24, 2.45) is 5.41 Å². The predicted molar refractivity (Wildman–Crippen MR) is 84.7 cm³/mol. The molecule has 0 aromatic heterocycles. The maximum Gasteiger partial charge on any atom is 0.0205 e. The summed E-state index contributed by atoms with van der Waals surface area (Å²) in [4.78, 5) is 2.75. The number of piperidine rings is 1. The van der Waals surface area contributed by atoms with E-state index in [9.17, 15) is 0 Å². The van der Waals surface area contributed by atoms with Crippen molar-refractivity contribution >= 4 is 0 Å². The molecule has 0 bridgehead atoms. The fourth-order valence-electron chi connectivity index (χ4n) is 4.38. The first-order valence-electron chi connectivity index (χ1n) is 7.95. The van der Waals surface area contributed by atoms with Gasteiger partial charge in [0.25, 0.3) is 0 Å². The van der Waals surface area contributed by atoms with Crippen molar-refractivity contribution in [3.63, 3.8) is 0 Å². The highest BCUT2D eigenvalue weighted by atomic mass is 15.3. The van der Waals surface area contributed by atoms with Gasteiger partial charge in [0.15, 0.2) is 0 Å². The van der Waals surface area contributed by atoms with Gasteiger partial charge in [-0.1, -0.05) is 30.3 Å². The minimum atomic E-state index is 0.307. The van der Waals surface area contributed by atoms with Crippen LogP contribution in [0.15, 0.2) is 30.3 Å². The molecule has 2 fully saturated rings. The largest absolute Gasteiger partial charge is 0.312 e. The van der Waals surface area contributed by atoms with Crippen LogP contribution in [0.25, 0.3) is 0 Å². The Balaban J connectivity index is 1.56. The highest BCUT2D eigenvalue weighted by Gasteiger charge is 2.64. The molecule has 3 atom stereocenters. The van der Waals surface area contributed by atoms with Gasteiger partial charge in [0.2, 0.25) is 0 Å². The molecule has 0 amide bonds. The standard InChI is InChI=1S/C18H28N2/c1-14-10-18(11-16(18)20(14)17(2,3)4)13-19-12-15-8-6-5-7-9-15/h5-9,14,16,19H,10-13H2,1-4H3/t14-,16?,18+/m1/s1. The third-order valence-corrected chi connectivity index (χ3v) is 5.08. The SMILES string of the molecule is C[C@@H]1C[C@@]2(CNCc3ccccc3)CC2N1C(C)(C)C. The smallest absolute Gasteiger partial charge is 0.0205 e. The molecule has 2 heteroatoms. The summed E-state index contributed by atoms with van der Waals surface area (Å²) in [5, 5.41) is 3.69. The van der Waals surface area contributed by atoms with Crippen LogP contribution in [0.5, 0.6) is 0 Å². The molecule has 1 aromatic rings. The van der Waals surface area contributed by atoms with Crippen LogP contribution in [0.3, 0.4) is 0 Å². The zero-order valence-electron chi connectivity index (χ0n) is 13.3. The van der Waals surface area contributed by atoms with Crippen molar-refractivity contribution in [1.29, 1.82) is 0 Å². The second-order valence-corrected chi connectivity index (χ2v) is 7.80. The van der Waals surface area contributed by atoms with Crippen molar-refractivity contribution < 1.29 is 0 Å². The fraction of sp³-hybridized carbons (Fsp3) is 0.667. The lowest BCUT2D eigenvalue weighted by atomic mass is 9.99. The fourth-order valence-corrected chi connectivity index (χ4v) is 4.38. The first-order valence-corrected chi connectivity index (χ1v) is 7.95. The van der Waals surface area contributed by atoms with Crippen LogP contribution in [0.1, 0.15) is 46.1 Å². The van der Waals surface area contributed by atoms with Crippen LogP contribution in [0.4, 0.5) is 0 Å². The Morgan fingerprint density at radius 1 is 1.20 bits per heavy atom. The summed E-state index contributed by atoms with van der Waals surface area (Å²) in [6.07, 6.45) is 2.74. The third kappa shape index (κ3) is 2.51. The second kappa shape index (κ2) is 4.85. The van der Waals surface area contributed by atoms with E-state index in [-0.39, 0.29) is 0 Å². The molecule has 1 saturated carbocycles. The Bertz CT molecular complexity index is 462. The van der Waals surface area contributed by atoms with Gasteiger partial charge in [-0.05, 0) is 46.1 Å². The van der Waals surface area contributed by atoms with Crippen LogP contribution in [0.2, 0.25) is 0 Å². The summed E-state index contributed by atoms with van der Waals surface area (Å²) in [5.41, 5.74) is 2.25. The van der Waals surface area contributed by atoms with Crippen LogP contribution in [-0.2, 0) is 6.54 Å². The minimum Gasteiger partial charge on any atom is -0.312 e. The molecule has 1 heterocycles. The van der Waals surface area contributed by atoms with E-state index in [1.807, 2.05) is 0 Å². The molecule has 3 rings (SSSR count). The van der Waals surface area contributed by atoms with Gasteiger partial charge in [-0.25, -0.2) is 0 Å². The number of nitrogens with zero attached hydrogens (tertiary/aromatic N) is 1. The van der Waals surface area contributed by atoms with Gasteiger partial charge in [-0.3, -0.25) is 4.90 Å². The number of likely N-dealkylation sites (tertiary alicyclic amines) is 1. The van der Waals surface area contributed by atoms with E-state index in [4.69, 9.17) is 0 Å². The van der Waals surface area contributed by atoms with Gasteiger partial charge >= 0.3 is 0 Å². The monoisotopic (exact) mass is 272 g/mol. The maximum absolute atomic E-state index is 3.69. The number of nitrogens with one attached hydrogen (secondary N) is 1. The van der Waals surface area contributed by atoms with E-state index in [1.165, 1.54) is 24.9 Å². The first-order chi connectivity index (χ1) is 9.42. The molecule has 2 nitrogen and oxygen atoms in total. The summed E-state index contributed by atoms with van der Waals surface area (Å²) in [6, 6.07) is 12.3. The van der Waals surface area contributed by atoms with Gasteiger partial charge in [-0.2, -0.15) is 0 Å². The van der Waals surface area contributed by atoms with Crippen LogP contribution in [0, 0.1) is 5.41 Å². The molecule has 1 aromatic carbocycles. The van der Waals surface area contributed by atoms with Gasteiger partial charge in [0.1, 0.15) is 0 Å². The highest BCUT2D eigenvalue weighted by molar-refractivity contribution is 5.20. The quantitative estimate of drug-likeness (QED) is 0.903. The molecule has 1 saturated heterocycles. The normalized spacial score (nSPS) is 33.2. The van der Waals surface area contributed by atoms with Crippen molar-refractivity contribution in [2.45, 2.75) is 64.7 Å². The summed E-state index contributed by atoms with van der Waals surface area (Å²) < 4.78 is 0. The molecule has 1 N–H and O–H groups in total. The Kier molecular flexibility index (Phi) is 3.42. The van der Waals surface area contributed by atoms with Crippen molar-refractivity contribution in [3.05, 3.63) is 35.9 Å². The van der Waals surface area contributed by atoms with E-state index in [1.54, 1.807) is 0 Å². The van der Waals surface area contributed by atoms with Crippen molar-refractivity contribution in [3.8, 4) is 0 Å². The highest BCUT2D eigenvalue weighted by Crippen LogP contribution is 2.60. The van der Waals surface area contributed by atoms with Crippen LogP contribution < -0.4 is 5.32 Å². The summed E-state index contributed by atoms with van der Waals surface area (Å²) in [6.45, 7) is 11.6. The lowest BCUT2D eigenvalue weighted by Gasteiger charge is -2.37. The zero-order chi connectivity index (χ0) is 14.4. The molecule has 1 aliphatic carbocycles. The minimum absolute atomic E-state index is 0.307. The molecular formula is C18H28N2. The number of hydrogen-bond donors (Lipinski definition) is 1. The number of hydrogen-bond acceptors (Lipinski definition) is 2.